The molecule has 0 aliphatic rings. The zero-order valence-corrected chi connectivity index (χ0v) is 14.2. The normalized spacial score (nSPS) is 10.5. The molecule has 2 N–H and O–H groups in total. The van der Waals surface area contributed by atoms with Gasteiger partial charge in [0.1, 0.15) is 23.8 Å². The third-order valence-corrected chi connectivity index (χ3v) is 3.87. The Balaban J connectivity index is 2.36. The summed E-state index contributed by atoms with van der Waals surface area (Å²) in [6.45, 7) is 4.96. The van der Waals surface area contributed by atoms with E-state index in [4.69, 9.17) is 0 Å². The number of rotatable bonds is 6. The van der Waals surface area contributed by atoms with Crippen LogP contribution in [0.3, 0.4) is 0 Å². The molecule has 4 nitrogen and oxygen atoms in total. The Kier molecular flexibility index (Phi) is 5.72. The fraction of sp³-hybridized carbons (Fsp3) is 0.333. The maximum Gasteiger partial charge on any atom is 0.139 e. The van der Waals surface area contributed by atoms with Gasteiger partial charge in [-0.3, -0.25) is 0 Å². The Morgan fingerprint density at radius 3 is 2.62 bits per heavy atom. The smallest absolute Gasteiger partial charge is 0.139 e. The zero-order chi connectivity index (χ0) is 15.2. The van der Waals surface area contributed by atoms with Gasteiger partial charge >= 0.3 is 0 Å². The number of nitrogens with zero attached hydrogens (tertiary/aromatic N) is 2. The molecule has 0 unspecified atom stereocenters. The van der Waals surface area contributed by atoms with Crippen molar-refractivity contribution in [2.75, 3.05) is 17.2 Å². The van der Waals surface area contributed by atoms with Crippen molar-refractivity contribution in [3.05, 3.63) is 39.5 Å². The van der Waals surface area contributed by atoms with Gasteiger partial charge in [0.25, 0.3) is 0 Å². The molecule has 0 radical (unpaired) electrons. The van der Waals surface area contributed by atoms with Gasteiger partial charge in [0.05, 0.1) is 5.69 Å². The van der Waals surface area contributed by atoms with E-state index in [2.05, 4.69) is 50.1 Å². The zero-order valence-electron chi connectivity index (χ0n) is 12.1. The Morgan fingerprint density at radius 2 is 1.95 bits per heavy atom. The predicted octanol–water partition coefficient (Wildman–Crippen LogP) is 4.35. The van der Waals surface area contributed by atoms with Crippen molar-refractivity contribution in [1.29, 1.82) is 0 Å². The molecule has 0 saturated carbocycles. The fourth-order valence-electron chi connectivity index (χ4n) is 2.05. The van der Waals surface area contributed by atoms with E-state index in [0.29, 0.717) is 0 Å². The first-order chi connectivity index (χ1) is 10.2. The van der Waals surface area contributed by atoms with Crippen LogP contribution in [0.25, 0.3) is 0 Å². The van der Waals surface area contributed by atoms with Crippen LogP contribution in [-0.2, 0) is 6.42 Å². The number of halogens is 2. The molecule has 2 aromatic rings. The van der Waals surface area contributed by atoms with Crippen LogP contribution in [0.4, 0.5) is 21.7 Å². The molecule has 0 bridgehead atoms. The van der Waals surface area contributed by atoms with Gasteiger partial charge in [-0.1, -0.05) is 13.3 Å². The number of anilines is 3. The highest BCUT2D eigenvalue weighted by Crippen LogP contribution is 2.27. The average molecular weight is 400 g/mol. The molecule has 0 amide bonds. The van der Waals surface area contributed by atoms with Crippen LogP contribution in [-0.4, -0.2) is 16.5 Å². The summed E-state index contributed by atoms with van der Waals surface area (Å²) in [6.07, 6.45) is 3.42. The Morgan fingerprint density at radius 1 is 1.19 bits per heavy atom. The van der Waals surface area contributed by atoms with E-state index in [9.17, 15) is 4.39 Å². The quantitative estimate of drug-likeness (QED) is 0.709. The molecule has 0 atom stereocenters. The van der Waals surface area contributed by atoms with Gasteiger partial charge in [-0.05, 0) is 54.1 Å². The third-order valence-electron chi connectivity index (χ3n) is 2.97. The molecule has 21 heavy (non-hydrogen) atoms. The van der Waals surface area contributed by atoms with E-state index in [1.54, 1.807) is 6.07 Å². The minimum atomic E-state index is -0.241. The number of hydrogen-bond donors (Lipinski definition) is 2. The summed E-state index contributed by atoms with van der Waals surface area (Å²) >= 11 is 2.11. The van der Waals surface area contributed by atoms with Crippen LogP contribution in [0.5, 0.6) is 0 Å². The number of benzene rings is 1. The first-order valence-electron chi connectivity index (χ1n) is 6.95. The summed E-state index contributed by atoms with van der Waals surface area (Å²) in [5.41, 5.74) is 1.90. The van der Waals surface area contributed by atoms with Gasteiger partial charge in [0.15, 0.2) is 0 Å². The van der Waals surface area contributed by atoms with Crippen LogP contribution in [0, 0.1) is 9.39 Å². The third kappa shape index (κ3) is 4.03. The maximum absolute atomic E-state index is 13.2. The molecule has 0 aliphatic heterocycles. The highest BCUT2D eigenvalue weighted by molar-refractivity contribution is 14.1. The van der Waals surface area contributed by atoms with Gasteiger partial charge in [-0.2, -0.15) is 0 Å². The molecular weight excluding hydrogens is 382 g/mol. The SMILES string of the molecule is CCCc1c(NCC)ncnc1Nc1ccc(F)cc1I. The predicted molar refractivity (Wildman–Crippen MR) is 92.6 cm³/mol. The summed E-state index contributed by atoms with van der Waals surface area (Å²) in [4.78, 5) is 8.64. The van der Waals surface area contributed by atoms with Crippen molar-refractivity contribution in [3.63, 3.8) is 0 Å². The van der Waals surface area contributed by atoms with Gasteiger partial charge in [0, 0.05) is 15.7 Å². The molecule has 1 heterocycles. The van der Waals surface area contributed by atoms with E-state index >= 15 is 0 Å². The second-order valence-electron chi connectivity index (χ2n) is 4.58. The van der Waals surface area contributed by atoms with E-state index in [1.165, 1.54) is 18.5 Å². The molecule has 6 heteroatoms. The minimum absolute atomic E-state index is 0.241. The Hall–Kier alpha value is -1.44. The molecular formula is C15H18FIN4. The lowest BCUT2D eigenvalue weighted by atomic mass is 10.1. The molecule has 1 aromatic carbocycles. The van der Waals surface area contributed by atoms with Crippen molar-refractivity contribution in [1.82, 2.24) is 9.97 Å². The Bertz CT molecular complexity index is 619. The van der Waals surface area contributed by atoms with Gasteiger partial charge in [-0.25, -0.2) is 14.4 Å². The Labute approximate surface area is 137 Å². The minimum Gasteiger partial charge on any atom is -0.370 e. The monoisotopic (exact) mass is 400 g/mol. The fourth-order valence-corrected chi connectivity index (χ4v) is 2.66. The number of aromatic nitrogens is 2. The first-order valence-corrected chi connectivity index (χ1v) is 8.03. The number of hydrogen-bond acceptors (Lipinski definition) is 4. The van der Waals surface area contributed by atoms with Crippen molar-refractivity contribution in [2.24, 2.45) is 0 Å². The standard InChI is InChI=1S/C15H18FIN4/c1-3-5-11-14(18-4-2)19-9-20-15(11)21-13-7-6-10(16)8-12(13)17/h6-9H,3-5H2,1-2H3,(H2,18,19,20,21). The van der Waals surface area contributed by atoms with Crippen LogP contribution >= 0.6 is 22.6 Å². The number of nitrogens with one attached hydrogen (secondary N) is 2. The highest BCUT2D eigenvalue weighted by atomic mass is 127. The van der Waals surface area contributed by atoms with E-state index in [0.717, 1.165) is 45.8 Å². The van der Waals surface area contributed by atoms with E-state index < -0.39 is 0 Å². The lowest BCUT2D eigenvalue weighted by Crippen LogP contribution is -2.08. The average Bonchev–Trinajstić information content (AvgIpc) is 2.45. The first kappa shape index (κ1) is 15.9. The largest absolute Gasteiger partial charge is 0.370 e. The second kappa shape index (κ2) is 7.53. The van der Waals surface area contributed by atoms with Crippen LogP contribution in [0.1, 0.15) is 25.8 Å². The molecule has 2 rings (SSSR count). The van der Waals surface area contributed by atoms with Crippen molar-refractivity contribution in [2.45, 2.75) is 26.7 Å². The molecule has 0 aliphatic carbocycles. The van der Waals surface area contributed by atoms with Gasteiger partial charge in [-0.15, -0.1) is 0 Å². The second-order valence-corrected chi connectivity index (χ2v) is 5.74. The highest BCUT2D eigenvalue weighted by Gasteiger charge is 2.12. The lowest BCUT2D eigenvalue weighted by Gasteiger charge is -2.15. The van der Waals surface area contributed by atoms with Crippen molar-refractivity contribution in [3.8, 4) is 0 Å². The summed E-state index contributed by atoms with van der Waals surface area (Å²) < 4.78 is 14.0. The summed E-state index contributed by atoms with van der Waals surface area (Å²) in [5.74, 6) is 1.39. The molecule has 1 aromatic heterocycles. The van der Waals surface area contributed by atoms with E-state index in [-0.39, 0.29) is 5.82 Å². The van der Waals surface area contributed by atoms with E-state index in [1.807, 2.05) is 6.92 Å². The lowest BCUT2D eigenvalue weighted by molar-refractivity contribution is 0.627. The van der Waals surface area contributed by atoms with Crippen LogP contribution in [0.15, 0.2) is 24.5 Å². The summed E-state index contributed by atoms with van der Waals surface area (Å²) in [6, 6.07) is 4.66. The van der Waals surface area contributed by atoms with Gasteiger partial charge < -0.3 is 10.6 Å². The summed E-state index contributed by atoms with van der Waals surface area (Å²) in [7, 11) is 0. The maximum atomic E-state index is 13.2. The van der Waals surface area contributed by atoms with Crippen molar-refractivity contribution < 1.29 is 4.39 Å². The summed E-state index contributed by atoms with van der Waals surface area (Å²) in [5, 5.41) is 6.54. The topological polar surface area (TPSA) is 49.8 Å². The van der Waals surface area contributed by atoms with Crippen molar-refractivity contribution >= 4 is 39.9 Å². The van der Waals surface area contributed by atoms with Gasteiger partial charge in [0.2, 0.25) is 0 Å². The molecule has 0 saturated heterocycles. The van der Waals surface area contributed by atoms with Crippen LogP contribution < -0.4 is 10.6 Å². The van der Waals surface area contributed by atoms with Crippen LogP contribution in [0.2, 0.25) is 0 Å². The molecule has 0 spiro atoms. The molecule has 0 fully saturated rings. The molecule has 112 valence electrons.